The predicted molar refractivity (Wildman–Crippen MR) is 51.9 cm³/mol. The van der Waals surface area contributed by atoms with Gasteiger partial charge in [-0.05, 0) is 18.6 Å². The van der Waals surface area contributed by atoms with Crippen LogP contribution in [-0.2, 0) is 9.53 Å². The average Bonchev–Trinajstić information content (AvgIpc) is 2.18. The summed E-state index contributed by atoms with van der Waals surface area (Å²) in [5.74, 6) is -1.08. The Bertz CT molecular complexity index is 355. The number of ether oxygens (including phenoxy) is 1. The summed E-state index contributed by atoms with van der Waals surface area (Å²) in [4.78, 5) is 22.3. The maximum absolute atomic E-state index is 11.4. The minimum atomic E-state index is -0.574. The van der Waals surface area contributed by atoms with Crippen molar-refractivity contribution in [1.82, 2.24) is 0 Å². The predicted octanol–water partition coefficient (Wildman–Crippen LogP) is 2.09. The van der Waals surface area contributed by atoms with E-state index >= 15 is 0 Å². The first-order valence-corrected chi connectivity index (χ1v) is 4.45. The third-order valence-electron chi connectivity index (χ3n) is 1.86. The monoisotopic (exact) mass is 192 g/mol. The Balaban J connectivity index is 2.80. The smallest absolute Gasteiger partial charge is 0.346 e. The van der Waals surface area contributed by atoms with Crippen molar-refractivity contribution < 1.29 is 14.3 Å². The molecule has 0 aromatic heterocycles. The molecule has 0 radical (unpaired) electrons. The first-order chi connectivity index (χ1) is 6.65. The zero-order valence-corrected chi connectivity index (χ0v) is 8.24. The lowest BCUT2D eigenvalue weighted by Gasteiger charge is -2.03. The van der Waals surface area contributed by atoms with E-state index in [9.17, 15) is 9.59 Å². The van der Waals surface area contributed by atoms with E-state index in [1.54, 1.807) is 32.0 Å². The standard InChI is InChI=1S/C11H12O3/c1-3-10(12)14-11(13)9-7-5-4-6-8(9)2/h4-7H,3H2,1-2H3. The molecule has 1 aromatic rings. The molecule has 0 aliphatic carbocycles. The molecule has 0 N–H and O–H groups in total. The minimum absolute atomic E-state index is 0.206. The summed E-state index contributed by atoms with van der Waals surface area (Å²) in [7, 11) is 0. The third kappa shape index (κ3) is 2.42. The lowest BCUT2D eigenvalue weighted by atomic mass is 10.1. The molecule has 3 nitrogen and oxygen atoms in total. The van der Waals surface area contributed by atoms with Crippen LogP contribution in [0.3, 0.4) is 0 Å². The molecule has 1 rings (SSSR count). The highest BCUT2D eigenvalue weighted by molar-refractivity contribution is 5.97. The van der Waals surface area contributed by atoms with Gasteiger partial charge in [-0.25, -0.2) is 4.79 Å². The molecule has 0 saturated heterocycles. The second kappa shape index (κ2) is 4.56. The van der Waals surface area contributed by atoms with Crippen LogP contribution in [-0.4, -0.2) is 11.9 Å². The van der Waals surface area contributed by atoms with Gasteiger partial charge in [0.05, 0.1) is 5.56 Å². The van der Waals surface area contributed by atoms with Gasteiger partial charge in [0.2, 0.25) is 0 Å². The van der Waals surface area contributed by atoms with Crippen LogP contribution in [0.1, 0.15) is 29.3 Å². The van der Waals surface area contributed by atoms with Gasteiger partial charge < -0.3 is 4.74 Å². The Kier molecular flexibility index (Phi) is 3.40. The maximum atomic E-state index is 11.4. The van der Waals surface area contributed by atoms with E-state index in [2.05, 4.69) is 4.74 Å². The summed E-state index contributed by atoms with van der Waals surface area (Å²) in [5, 5.41) is 0. The molecule has 0 atom stereocenters. The highest BCUT2D eigenvalue weighted by Crippen LogP contribution is 2.08. The van der Waals surface area contributed by atoms with Gasteiger partial charge >= 0.3 is 11.9 Å². The SMILES string of the molecule is CCC(=O)OC(=O)c1ccccc1C. The fraction of sp³-hybridized carbons (Fsp3) is 0.273. The van der Waals surface area contributed by atoms with Crippen LogP contribution < -0.4 is 0 Å². The van der Waals surface area contributed by atoms with Gasteiger partial charge in [0, 0.05) is 6.42 Å². The lowest BCUT2D eigenvalue weighted by molar-refractivity contribution is -0.137. The first kappa shape index (κ1) is 10.4. The number of carbonyl (C=O) groups is 2. The molecule has 0 amide bonds. The van der Waals surface area contributed by atoms with Crippen LogP contribution in [0.15, 0.2) is 24.3 Å². The fourth-order valence-corrected chi connectivity index (χ4v) is 1.03. The van der Waals surface area contributed by atoms with Crippen LogP contribution in [0.4, 0.5) is 0 Å². The second-order valence-electron chi connectivity index (χ2n) is 2.93. The minimum Gasteiger partial charge on any atom is -0.389 e. The number of hydrogen-bond acceptors (Lipinski definition) is 3. The summed E-state index contributed by atoms with van der Waals surface area (Å²) in [5.41, 5.74) is 1.25. The highest BCUT2D eigenvalue weighted by Gasteiger charge is 2.12. The Morgan fingerprint density at radius 1 is 1.29 bits per heavy atom. The molecule has 1 aromatic carbocycles. The molecule has 14 heavy (non-hydrogen) atoms. The molecular weight excluding hydrogens is 180 g/mol. The van der Waals surface area contributed by atoms with Crippen LogP contribution in [0.5, 0.6) is 0 Å². The molecule has 0 aliphatic heterocycles. The molecule has 0 unspecified atom stereocenters. The molecule has 0 fully saturated rings. The van der Waals surface area contributed by atoms with Crippen molar-refractivity contribution in [2.24, 2.45) is 0 Å². The van der Waals surface area contributed by atoms with Gasteiger partial charge in [-0.1, -0.05) is 25.1 Å². The number of rotatable bonds is 2. The molecule has 74 valence electrons. The van der Waals surface area contributed by atoms with Crippen LogP contribution in [0, 0.1) is 6.92 Å². The van der Waals surface area contributed by atoms with Crippen molar-refractivity contribution in [2.75, 3.05) is 0 Å². The highest BCUT2D eigenvalue weighted by atomic mass is 16.6. The van der Waals surface area contributed by atoms with Crippen molar-refractivity contribution >= 4 is 11.9 Å². The zero-order chi connectivity index (χ0) is 10.6. The molecule has 0 saturated carbocycles. The Morgan fingerprint density at radius 2 is 1.93 bits per heavy atom. The Hall–Kier alpha value is -1.64. The Morgan fingerprint density at radius 3 is 2.50 bits per heavy atom. The second-order valence-corrected chi connectivity index (χ2v) is 2.93. The number of esters is 2. The van der Waals surface area contributed by atoms with E-state index in [0.29, 0.717) is 5.56 Å². The quantitative estimate of drug-likeness (QED) is 0.532. The summed E-state index contributed by atoms with van der Waals surface area (Å²) < 4.78 is 4.59. The van der Waals surface area contributed by atoms with Gasteiger partial charge in [0.1, 0.15) is 0 Å². The largest absolute Gasteiger partial charge is 0.389 e. The number of aryl methyl sites for hydroxylation is 1. The van der Waals surface area contributed by atoms with Crippen molar-refractivity contribution in [2.45, 2.75) is 20.3 Å². The topological polar surface area (TPSA) is 43.4 Å². The molecular formula is C11H12O3. The number of hydrogen-bond donors (Lipinski definition) is 0. The van der Waals surface area contributed by atoms with Gasteiger partial charge in [-0.15, -0.1) is 0 Å². The Labute approximate surface area is 82.7 Å². The van der Waals surface area contributed by atoms with E-state index in [1.165, 1.54) is 0 Å². The lowest BCUT2D eigenvalue weighted by Crippen LogP contribution is -2.12. The van der Waals surface area contributed by atoms with E-state index in [1.807, 2.05) is 6.07 Å². The normalized spacial score (nSPS) is 9.57. The summed E-state index contributed by atoms with van der Waals surface area (Å²) >= 11 is 0. The van der Waals surface area contributed by atoms with Gasteiger partial charge in [0.15, 0.2) is 0 Å². The van der Waals surface area contributed by atoms with E-state index in [0.717, 1.165) is 5.56 Å². The van der Waals surface area contributed by atoms with Crippen molar-refractivity contribution in [3.63, 3.8) is 0 Å². The number of carbonyl (C=O) groups excluding carboxylic acids is 2. The molecule has 3 heteroatoms. The van der Waals surface area contributed by atoms with Crippen molar-refractivity contribution in [1.29, 1.82) is 0 Å². The third-order valence-corrected chi connectivity index (χ3v) is 1.86. The summed E-state index contributed by atoms with van der Waals surface area (Å²) in [6.45, 7) is 3.44. The number of benzene rings is 1. The molecule has 0 spiro atoms. The molecule has 0 heterocycles. The van der Waals surface area contributed by atoms with E-state index in [-0.39, 0.29) is 6.42 Å². The van der Waals surface area contributed by atoms with Crippen LogP contribution >= 0.6 is 0 Å². The zero-order valence-electron chi connectivity index (χ0n) is 8.24. The fourth-order valence-electron chi connectivity index (χ4n) is 1.03. The molecule has 0 bridgehead atoms. The van der Waals surface area contributed by atoms with E-state index < -0.39 is 11.9 Å². The van der Waals surface area contributed by atoms with Crippen molar-refractivity contribution in [3.05, 3.63) is 35.4 Å². The van der Waals surface area contributed by atoms with Crippen molar-refractivity contribution in [3.8, 4) is 0 Å². The summed E-state index contributed by atoms with van der Waals surface area (Å²) in [6.07, 6.45) is 0.206. The summed E-state index contributed by atoms with van der Waals surface area (Å²) in [6, 6.07) is 7.00. The van der Waals surface area contributed by atoms with Gasteiger partial charge in [-0.3, -0.25) is 4.79 Å². The van der Waals surface area contributed by atoms with Crippen LogP contribution in [0.25, 0.3) is 0 Å². The van der Waals surface area contributed by atoms with Gasteiger partial charge in [0.25, 0.3) is 0 Å². The maximum Gasteiger partial charge on any atom is 0.346 e. The average molecular weight is 192 g/mol. The first-order valence-electron chi connectivity index (χ1n) is 4.45. The van der Waals surface area contributed by atoms with E-state index in [4.69, 9.17) is 0 Å². The van der Waals surface area contributed by atoms with Gasteiger partial charge in [-0.2, -0.15) is 0 Å². The van der Waals surface area contributed by atoms with Crippen LogP contribution in [0.2, 0.25) is 0 Å². The molecule has 0 aliphatic rings.